The molecule has 2 heterocycles. The van der Waals surface area contributed by atoms with Gasteiger partial charge in [0.15, 0.2) is 5.78 Å². The Morgan fingerprint density at radius 3 is 2.56 bits per heavy atom. The summed E-state index contributed by atoms with van der Waals surface area (Å²) in [6, 6.07) is 0. The molecule has 0 aliphatic carbocycles. The molecule has 1 aromatic rings. The summed E-state index contributed by atoms with van der Waals surface area (Å²) in [5.74, 6) is 1.11. The number of piperidine rings is 1. The van der Waals surface area contributed by atoms with Crippen molar-refractivity contribution in [2.45, 2.75) is 45.1 Å². The molecular formula is C14H23N3O. The van der Waals surface area contributed by atoms with E-state index in [1.165, 1.54) is 19.3 Å². The normalized spacial score (nSPS) is 17.9. The third kappa shape index (κ3) is 2.64. The Morgan fingerprint density at radius 1 is 1.33 bits per heavy atom. The van der Waals surface area contributed by atoms with Gasteiger partial charge in [-0.25, -0.2) is 4.98 Å². The van der Waals surface area contributed by atoms with E-state index in [1.54, 1.807) is 6.20 Å². The lowest BCUT2D eigenvalue weighted by Gasteiger charge is -2.39. The highest BCUT2D eigenvalue weighted by Crippen LogP contribution is 2.22. The summed E-state index contributed by atoms with van der Waals surface area (Å²) in [6.45, 7) is 6.17. The highest BCUT2D eigenvalue weighted by molar-refractivity contribution is 5.88. The Labute approximate surface area is 109 Å². The van der Waals surface area contributed by atoms with Gasteiger partial charge < -0.3 is 4.57 Å². The molecule has 18 heavy (non-hydrogen) atoms. The SMILES string of the molecule is Cn1ccnc1CC(=O)C(C)(C)N1CCCCC1. The zero-order valence-electron chi connectivity index (χ0n) is 11.6. The summed E-state index contributed by atoms with van der Waals surface area (Å²) in [5.41, 5.74) is -0.369. The van der Waals surface area contributed by atoms with Gasteiger partial charge in [-0.3, -0.25) is 9.69 Å². The molecule has 1 saturated heterocycles. The minimum atomic E-state index is -0.369. The van der Waals surface area contributed by atoms with E-state index in [2.05, 4.69) is 9.88 Å². The number of hydrogen-bond acceptors (Lipinski definition) is 3. The Hall–Kier alpha value is -1.16. The molecule has 1 aliphatic heterocycles. The monoisotopic (exact) mass is 249 g/mol. The van der Waals surface area contributed by atoms with E-state index in [9.17, 15) is 4.79 Å². The summed E-state index contributed by atoms with van der Waals surface area (Å²) in [7, 11) is 1.93. The fourth-order valence-corrected chi connectivity index (χ4v) is 2.56. The van der Waals surface area contributed by atoms with E-state index >= 15 is 0 Å². The average Bonchev–Trinajstić information content (AvgIpc) is 2.76. The number of aryl methyl sites for hydroxylation is 1. The lowest BCUT2D eigenvalue weighted by molar-refractivity contribution is -0.129. The van der Waals surface area contributed by atoms with E-state index in [0.717, 1.165) is 18.9 Å². The first kappa shape index (κ1) is 13.3. The van der Waals surface area contributed by atoms with Crippen LogP contribution in [-0.2, 0) is 18.3 Å². The van der Waals surface area contributed by atoms with Crippen LogP contribution in [0.4, 0.5) is 0 Å². The van der Waals surface area contributed by atoms with Crippen LogP contribution in [0.1, 0.15) is 38.9 Å². The van der Waals surface area contributed by atoms with Crippen LogP contribution in [0.15, 0.2) is 12.4 Å². The molecular weight excluding hydrogens is 226 g/mol. The first-order valence-corrected chi connectivity index (χ1v) is 6.76. The van der Waals surface area contributed by atoms with Crippen LogP contribution in [0, 0.1) is 0 Å². The molecule has 100 valence electrons. The summed E-state index contributed by atoms with van der Waals surface area (Å²) >= 11 is 0. The predicted molar refractivity (Wildman–Crippen MR) is 71.4 cm³/mol. The zero-order chi connectivity index (χ0) is 13.2. The molecule has 0 saturated carbocycles. The van der Waals surface area contributed by atoms with Crippen molar-refractivity contribution in [3.8, 4) is 0 Å². The van der Waals surface area contributed by atoms with Crippen LogP contribution in [0.5, 0.6) is 0 Å². The number of Topliss-reactive ketones (excluding diaryl/α,β-unsaturated/α-hetero) is 1. The van der Waals surface area contributed by atoms with Gasteiger partial charge in [0.1, 0.15) is 5.82 Å². The molecule has 0 spiro atoms. The maximum absolute atomic E-state index is 12.5. The Balaban J connectivity index is 2.04. The highest BCUT2D eigenvalue weighted by atomic mass is 16.1. The van der Waals surface area contributed by atoms with Gasteiger partial charge in [0.25, 0.3) is 0 Å². The zero-order valence-corrected chi connectivity index (χ0v) is 11.6. The second-order valence-electron chi connectivity index (χ2n) is 5.66. The van der Waals surface area contributed by atoms with E-state index in [0.29, 0.717) is 6.42 Å². The third-order valence-electron chi connectivity index (χ3n) is 4.07. The van der Waals surface area contributed by atoms with Crippen molar-refractivity contribution in [2.24, 2.45) is 7.05 Å². The molecule has 0 unspecified atom stereocenters. The van der Waals surface area contributed by atoms with Crippen LogP contribution < -0.4 is 0 Å². The van der Waals surface area contributed by atoms with Crippen molar-refractivity contribution in [3.63, 3.8) is 0 Å². The van der Waals surface area contributed by atoms with E-state index < -0.39 is 0 Å². The van der Waals surface area contributed by atoms with Gasteiger partial charge >= 0.3 is 0 Å². The second kappa shape index (κ2) is 5.22. The van der Waals surface area contributed by atoms with E-state index in [-0.39, 0.29) is 11.3 Å². The van der Waals surface area contributed by atoms with Gasteiger partial charge in [-0.05, 0) is 39.8 Å². The molecule has 0 bridgehead atoms. The summed E-state index contributed by atoms with van der Waals surface area (Å²) in [4.78, 5) is 19.0. The second-order valence-corrected chi connectivity index (χ2v) is 5.66. The minimum absolute atomic E-state index is 0.263. The van der Waals surface area contributed by atoms with Gasteiger partial charge in [0.2, 0.25) is 0 Å². The van der Waals surface area contributed by atoms with Gasteiger partial charge in [0.05, 0.1) is 12.0 Å². The van der Waals surface area contributed by atoms with Crippen molar-refractivity contribution in [1.82, 2.24) is 14.5 Å². The molecule has 0 amide bonds. The lowest BCUT2D eigenvalue weighted by Crippen LogP contribution is -2.52. The fourth-order valence-electron chi connectivity index (χ4n) is 2.56. The van der Waals surface area contributed by atoms with Crippen LogP contribution in [-0.4, -0.2) is 38.9 Å². The van der Waals surface area contributed by atoms with Crippen molar-refractivity contribution < 1.29 is 4.79 Å². The smallest absolute Gasteiger partial charge is 0.160 e. The molecule has 4 nitrogen and oxygen atoms in total. The topological polar surface area (TPSA) is 38.1 Å². The first-order chi connectivity index (χ1) is 8.51. The molecule has 0 N–H and O–H groups in total. The number of rotatable bonds is 4. The number of likely N-dealkylation sites (tertiary alicyclic amines) is 1. The van der Waals surface area contributed by atoms with Crippen molar-refractivity contribution in [2.75, 3.05) is 13.1 Å². The van der Waals surface area contributed by atoms with Gasteiger partial charge in [-0.1, -0.05) is 6.42 Å². The Morgan fingerprint density at radius 2 is 2.00 bits per heavy atom. The number of aromatic nitrogens is 2. The molecule has 2 rings (SSSR count). The molecule has 1 aliphatic rings. The van der Waals surface area contributed by atoms with Crippen LogP contribution in [0.25, 0.3) is 0 Å². The molecule has 0 aromatic carbocycles. The third-order valence-corrected chi connectivity index (χ3v) is 4.07. The lowest BCUT2D eigenvalue weighted by atomic mass is 9.91. The van der Waals surface area contributed by atoms with Crippen molar-refractivity contribution >= 4 is 5.78 Å². The maximum Gasteiger partial charge on any atom is 0.160 e. The standard InChI is InChI=1S/C14H23N3O/c1-14(2,17-8-5-4-6-9-17)12(18)11-13-15-7-10-16(13)3/h7,10H,4-6,8-9,11H2,1-3H3. The van der Waals surface area contributed by atoms with Crippen LogP contribution >= 0.6 is 0 Å². The number of imidazole rings is 1. The molecule has 1 fully saturated rings. The van der Waals surface area contributed by atoms with Crippen LogP contribution in [0.3, 0.4) is 0 Å². The summed E-state index contributed by atoms with van der Waals surface area (Å²) in [5, 5.41) is 0. The first-order valence-electron chi connectivity index (χ1n) is 6.76. The van der Waals surface area contributed by atoms with Crippen molar-refractivity contribution in [1.29, 1.82) is 0 Å². The number of carbonyl (C=O) groups excluding carboxylic acids is 1. The van der Waals surface area contributed by atoms with E-state index in [1.807, 2.05) is 31.7 Å². The Kier molecular flexibility index (Phi) is 3.85. The van der Waals surface area contributed by atoms with Gasteiger partial charge in [-0.2, -0.15) is 0 Å². The maximum atomic E-state index is 12.5. The summed E-state index contributed by atoms with van der Waals surface area (Å²) in [6.07, 6.45) is 7.76. The molecule has 4 heteroatoms. The van der Waals surface area contributed by atoms with Gasteiger partial charge in [-0.15, -0.1) is 0 Å². The van der Waals surface area contributed by atoms with Crippen molar-refractivity contribution in [3.05, 3.63) is 18.2 Å². The number of hydrogen-bond donors (Lipinski definition) is 0. The predicted octanol–water partition coefficient (Wildman–Crippen LogP) is 1.80. The van der Waals surface area contributed by atoms with Crippen LogP contribution in [0.2, 0.25) is 0 Å². The highest BCUT2D eigenvalue weighted by Gasteiger charge is 2.35. The molecule has 1 aromatic heterocycles. The summed E-state index contributed by atoms with van der Waals surface area (Å²) < 4.78 is 1.92. The number of ketones is 1. The minimum Gasteiger partial charge on any atom is -0.338 e. The quantitative estimate of drug-likeness (QED) is 0.816. The number of carbonyl (C=O) groups is 1. The molecule has 0 radical (unpaired) electrons. The largest absolute Gasteiger partial charge is 0.338 e. The average molecular weight is 249 g/mol. The van der Waals surface area contributed by atoms with Gasteiger partial charge in [0, 0.05) is 19.4 Å². The van der Waals surface area contributed by atoms with E-state index in [4.69, 9.17) is 0 Å². The Bertz CT molecular complexity index is 416. The molecule has 0 atom stereocenters. The number of nitrogens with zero attached hydrogens (tertiary/aromatic N) is 3. The fraction of sp³-hybridized carbons (Fsp3) is 0.714.